The van der Waals surface area contributed by atoms with Gasteiger partial charge in [0.2, 0.25) is 0 Å². The summed E-state index contributed by atoms with van der Waals surface area (Å²) in [5.41, 5.74) is 1.45. The van der Waals surface area contributed by atoms with Gasteiger partial charge >= 0.3 is 0 Å². The number of hydrogen-bond acceptors (Lipinski definition) is 2. The zero-order valence-corrected chi connectivity index (χ0v) is 6.84. The van der Waals surface area contributed by atoms with Gasteiger partial charge in [-0.05, 0) is 13.3 Å². The van der Waals surface area contributed by atoms with E-state index in [9.17, 15) is 4.79 Å². The smallest absolute Gasteiger partial charge is 0.148 e. The summed E-state index contributed by atoms with van der Waals surface area (Å²) < 4.78 is 0. The second-order valence-electron chi connectivity index (χ2n) is 3.54. The third kappa shape index (κ3) is 1.23. The molecule has 60 valence electrons. The zero-order chi connectivity index (χ0) is 7.84. The number of rotatable bonds is 0. The summed E-state index contributed by atoms with van der Waals surface area (Å²) in [7, 11) is 0. The summed E-state index contributed by atoms with van der Waals surface area (Å²) in [5, 5.41) is 0. The highest BCUT2D eigenvalue weighted by atomic mass is 16.1. The number of hydrogen-bond donors (Lipinski definition) is 0. The molecule has 2 rings (SSSR count). The highest BCUT2D eigenvalue weighted by Crippen LogP contribution is 2.22. The van der Waals surface area contributed by atoms with Crippen molar-refractivity contribution in [1.29, 1.82) is 0 Å². The van der Waals surface area contributed by atoms with E-state index >= 15 is 0 Å². The second kappa shape index (κ2) is 2.45. The van der Waals surface area contributed by atoms with Crippen molar-refractivity contribution in [2.75, 3.05) is 13.1 Å². The minimum absolute atomic E-state index is 0.404. The average Bonchev–Trinajstić information content (AvgIpc) is 2.27. The first-order valence-corrected chi connectivity index (χ1v) is 4.19. The van der Waals surface area contributed by atoms with Crippen molar-refractivity contribution in [1.82, 2.24) is 4.90 Å². The predicted molar refractivity (Wildman–Crippen MR) is 43.4 cm³/mol. The molecule has 0 amide bonds. The lowest BCUT2D eigenvalue weighted by molar-refractivity contribution is -0.116. The van der Waals surface area contributed by atoms with Crippen LogP contribution in [0.25, 0.3) is 0 Å². The summed E-state index contributed by atoms with van der Waals surface area (Å²) in [6, 6.07) is 0.441. The third-order valence-corrected chi connectivity index (χ3v) is 2.56. The van der Waals surface area contributed by atoms with Crippen LogP contribution in [0.5, 0.6) is 0 Å². The largest absolute Gasteiger partial charge is 0.298 e. The minimum atomic E-state index is 0.404. The van der Waals surface area contributed by atoms with Crippen LogP contribution in [0.15, 0.2) is 11.6 Å². The Bertz CT molecular complexity index is 220. The summed E-state index contributed by atoms with van der Waals surface area (Å²) in [6.07, 6.45) is 4.13. The molecule has 2 heterocycles. The Balaban J connectivity index is 2.17. The molecular weight excluding hydrogens is 138 g/mol. The Hall–Kier alpha value is -0.630. The molecule has 0 bridgehead atoms. The first-order chi connectivity index (χ1) is 5.25. The first kappa shape index (κ1) is 7.04. The van der Waals surface area contributed by atoms with Crippen LogP contribution in [-0.2, 0) is 4.79 Å². The summed E-state index contributed by atoms with van der Waals surface area (Å²) in [4.78, 5) is 13.3. The number of carbonyl (C=O) groups is 1. The number of ketones is 1. The van der Waals surface area contributed by atoms with Gasteiger partial charge in [0.05, 0.1) is 6.54 Å². The van der Waals surface area contributed by atoms with Gasteiger partial charge in [-0.1, -0.05) is 11.6 Å². The Morgan fingerprint density at radius 2 is 2.45 bits per heavy atom. The fraction of sp³-hybridized carbons (Fsp3) is 0.667. The van der Waals surface area contributed by atoms with E-state index in [4.69, 9.17) is 0 Å². The number of fused-ring (bicyclic) bond motifs is 1. The van der Waals surface area contributed by atoms with Gasteiger partial charge in [-0.15, -0.1) is 0 Å². The molecule has 2 aliphatic heterocycles. The van der Waals surface area contributed by atoms with E-state index in [1.54, 1.807) is 0 Å². The van der Waals surface area contributed by atoms with Crippen molar-refractivity contribution < 1.29 is 4.79 Å². The second-order valence-corrected chi connectivity index (χ2v) is 3.54. The fourth-order valence-electron chi connectivity index (χ4n) is 1.91. The van der Waals surface area contributed by atoms with Gasteiger partial charge in [-0.3, -0.25) is 9.69 Å². The molecule has 1 saturated heterocycles. The Morgan fingerprint density at radius 1 is 1.64 bits per heavy atom. The van der Waals surface area contributed by atoms with Gasteiger partial charge in [-0.2, -0.15) is 0 Å². The molecule has 1 unspecified atom stereocenters. The van der Waals surface area contributed by atoms with Gasteiger partial charge in [0.15, 0.2) is 0 Å². The van der Waals surface area contributed by atoms with E-state index < -0.39 is 0 Å². The van der Waals surface area contributed by atoms with Crippen molar-refractivity contribution in [2.45, 2.75) is 25.8 Å². The SMILES string of the molecule is CC1=CC2CC(=O)CN2CC1. The molecule has 0 radical (unpaired) electrons. The fourth-order valence-corrected chi connectivity index (χ4v) is 1.91. The van der Waals surface area contributed by atoms with Crippen molar-refractivity contribution in [3.05, 3.63) is 11.6 Å². The van der Waals surface area contributed by atoms with Crippen molar-refractivity contribution in [2.24, 2.45) is 0 Å². The topological polar surface area (TPSA) is 20.3 Å². The van der Waals surface area contributed by atoms with Gasteiger partial charge in [-0.25, -0.2) is 0 Å². The van der Waals surface area contributed by atoms with E-state index in [0.717, 1.165) is 19.4 Å². The van der Waals surface area contributed by atoms with Crippen LogP contribution < -0.4 is 0 Å². The molecule has 0 aromatic heterocycles. The molecule has 0 saturated carbocycles. The van der Waals surface area contributed by atoms with E-state index in [0.29, 0.717) is 18.4 Å². The lowest BCUT2D eigenvalue weighted by atomic mass is 10.0. The van der Waals surface area contributed by atoms with Crippen LogP contribution in [0.3, 0.4) is 0 Å². The lowest BCUT2D eigenvalue weighted by Crippen LogP contribution is -2.32. The molecule has 0 N–H and O–H groups in total. The highest BCUT2D eigenvalue weighted by molar-refractivity contribution is 5.83. The molecule has 0 aliphatic carbocycles. The van der Waals surface area contributed by atoms with Crippen LogP contribution in [0.1, 0.15) is 19.8 Å². The standard InChI is InChI=1S/C9H13NO/c1-7-2-3-10-6-9(11)5-8(10)4-7/h4,8H,2-3,5-6H2,1H3. The van der Waals surface area contributed by atoms with Crippen LogP contribution in [0.4, 0.5) is 0 Å². The van der Waals surface area contributed by atoms with Gasteiger partial charge < -0.3 is 0 Å². The predicted octanol–water partition coefficient (Wildman–Crippen LogP) is 0.980. The van der Waals surface area contributed by atoms with E-state index in [1.165, 1.54) is 5.57 Å². The normalized spacial score (nSPS) is 31.9. The Morgan fingerprint density at radius 3 is 3.27 bits per heavy atom. The molecule has 2 aliphatic rings. The average molecular weight is 151 g/mol. The van der Waals surface area contributed by atoms with Crippen LogP contribution in [-0.4, -0.2) is 29.8 Å². The van der Waals surface area contributed by atoms with E-state index in [-0.39, 0.29) is 0 Å². The quantitative estimate of drug-likeness (QED) is 0.481. The number of nitrogens with zero attached hydrogens (tertiary/aromatic N) is 1. The molecule has 1 atom stereocenters. The van der Waals surface area contributed by atoms with Gasteiger partial charge in [0, 0.05) is 19.0 Å². The highest BCUT2D eigenvalue weighted by Gasteiger charge is 2.30. The minimum Gasteiger partial charge on any atom is -0.298 e. The van der Waals surface area contributed by atoms with Crippen LogP contribution in [0, 0.1) is 0 Å². The van der Waals surface area contributed by atoms with Crippen molar-refractivity contribution >= 4 is 5.78 Å². The van der Waals surface area contributed by atoms with E-state index in [2.05, 4.69) is 17.9 Å². The van der Waals surface area contributed by atoms with Crippen molar-refractivity contribution in [3.63, 3.8) is 0 Å². The summed E-state index contributed by atoms with van der Waals surface area (Å²) >= 11 is 0. The molecular formula is C9H13NO. The Labute approximate surface area is 66.9 Å². The van der Waals surface area contributed by atoms with Crippen LogP contribution >= 0.6 is 0 Å². The van der Waals surface area contributed by atoms with Gasteiger partial charge in [0.1, 0.15) is 5.78 Å². The summed E-state index contributed by atoms with van der Waals surface area (Å²) in [5.74, 6) is 0.404. The maximum atomic E-state index is 11.0. The third-order valence-electron chi connectivity index (χ3n) is 2.56. The van der Waals surface area contributed by atoms with E-state index in [1.807, 2.05) is 0 Å². The molecule has 2 heteroatoms. The molecule has 0 aromatic rings. The molecule has 1 fully saturated rings. The molecule has 0 aromatic carbocycles. The number of carbonyl (C=O) groups excluding carboxylic acids is 1. The number of Topliss-reactive ketones (excluding diaryl/α,β-unsaturated/α-hetero) is 1. The monoisotopic (exact) mass is 151 g/mol. The maximum absolute atomic E-state index is 11.0. The molecule has 0 spiro atoms. The lowest BCUT2D eigenvalue weighted by Gasteiger charge is -2.25. The van der Waals surface area contributed by atoms with Crippen molar-refractivity contribution in [3.8, 4) is 0 Å². The molecule has 11 heavy (non-hydrogen) atoms. The molecule has 2 nitrogen and oxygen atoms in total. The van der Waals surface area contributed by atoms with Gasteiger partial charge in [0.25, 0.3) is 0 Å². The van der Waals surface area contributed by atoms with Crippen LogP contribution in [0.2, 0.25) is 0 Å². The summed E-state index contributed by atoms with van der Waals surface area (Å²) in [6.45, 7) is 3.92. The zero-order valence-electron chi connectivity index (χ0n) is 6.84. The first-order valence-electron chi connectivity index (χ1n) is 4.19. The maximum Gasteiger partial charge on any atom is 0.148 e. The Kier molecular flexibility index (Phi) is 1.57.